The van der Waals surface area contributed by atoms with Crippen molar-refractivity contribution in [2.45, 2.75) is 26.3 Å². The highest BCUT2D eigenvalue weighted by Crippen LogP contribution is 2.23. The third-order valence-corrected chi connectivity index (χ3v) is 3.53. The third kappa shape index (κ3) is 5.41. The average Bonchev–Trinajstić information content (AvgIpc) is 2.52. The van der Waals surface area contributed by atoms with Gasteiger partial charge in [-0.1, -0.05) is 48.9 Å². The first-order chi connectivity index (χ1) is 10.3. The van der Waals surface area contributed by atoms with E-state index in [9.17, 15) is 0 Å². The van der Waals surface area contributed by atoms with Crippen molar-refractivity contribution in [2.24, 2.45) is 0 Å². The van der Waals surface area contributed by atoms with E-state index in [1.165, 1.54) is 5.56 Å². The van der Waals surface area contributed by atoms with E-state index in [0.29, 0.717) is 0 Å². The maximum Gasteiger partial charge on any atom is 0.123 e. The second-order valence-corrected chi connectivity index (χ2v) is 5.41. The fraction of sp³-hybridized carbons (Fsp3) is 0.333. The first kappa shape index (κ1) is 15.9. The second kappa shape index (κ2) is 8.71. The Labute approximate surface area is 132 Å². The van der Waals surface area contributed by atoms with Gasteiger partial charge in [-0.15, -0.1) is 0 Å². The minimum atomic E-state index is 0.718. The molecule has 0 atom stereocenters. The van der Waals surface area contributed by atoms with Crippen LogP contribution < -0.4 is 10.1 Å². The van der Waals surface area contributed by atoms with Gasteiger partial charge in [0.15, 0.2) is 0 Å². The molecule has 0 aromatic heterocycles. The predicted octanol–water partition coefficient (Wildman–Crippen LogP) is 4.46. The van der Waals surface area contributed by atoms with Crippen LogP contribution in [-0.4, -0.2) is 13.2 Å². The van der Waals surface area contributed by atoms with Crippen LogP contribution in [0.3, 0.4) is 0 Å². The predicted molar refractivity (Wildman–Crippen MR) is 89.1 cm³/mol. The summed E-state index contributed by atoms with van der Waals surface area (Å²) in [4.78, 5) is 0. The highest BCUT2D eigenvalue weighted by atomic mass is 35.5. The Balaban J connectivity index is 1.84. The van der Waals surface area contributed by atoms with Crippen molar-refractivity contribution in [3.05, 3.63) is 64.7 Å². The maximum atomic E-state index is 6.05. The lowest BCUT2D eigenvalue weighted by Crippen LogP contribution is -2.13. The standard InChI is InChI=1S/C18H22ClNO/c1-2-20-14-16-13-17(19)10-11-18(16)21-12-6-9-15-7-4-3-5-8-15/h3-5,7-8,10-11,13,20H,2,6,9,12,14H2,1H3. The number of benzene rings is 2. The van der Waals surface area contributed by atoms with Gasteiger partial charge in [0, 0.05) is 17.1 Å². The first-order valence-electron chi connectivity index (χ1n) is 7.45. The zero-order chi connectivity index (χ0) is 14.9. The summed E-state index contributed by atoms with van der Waals surface area (Å²) in [5.41, 5.74) is 2.47. The van der Waals surface area contributed by atoms with E-state index in [1.807, 2.05) is 24.3 Å². The molecular formula is C18H22ClNO. The summed E-state index contributed by atoms with van der Waals surface area (Å²) in [6.45, 7) is 4.52. The van der Waals surface area contributed by atoms with Crippen molar-refractivity contribution >= 4 is 11.6 Å². The minimum Gasteiger partial charge on any atom is -0.493 e. The molecule has 21 heavy (non-hydrogen) atoms. The number of ether oxygens (including phenoxy) is 1. The number of nitrogens with one attached hydrogen (secondary N) is 1. The molecule has 0 aliphatic carbocycles. The molecule has 0 aliphatic rings. The Kier molecular flexibility index (Phi) is 6.58. The lowest BCUT2D eigenvalue weighted by atomic mass is 10.1. The van der Waals surface area contributed by atoms with Crippen LogP contribution >= 0.6 is 11.6 Å². The largest absolute Gasteiger partial charge is 0.493 e. The van der Waals surface area contributed by atoms with Gasteiger partial charge in [0.1, 0.15) is 5.75 Å². The molecule has 0 saturated carbocycles. The summed E-state index contributed by atoms with van der Waals surface area (Å²) in [7, 11) is 0. The smallest absolute Gasteiger partial charge is 0.123 e. The number of hydrogen-bond acceptors (Lipinski definition) is 2. The fourth-order valence-electron chi connectivity index (χ4n) is 2.19. The molecule has 0 aliphatic heterocycles. The molecule has 2 rings (SSSR count). The monoisotopic (exact) mass is 303 g/mol. The molecule has 0 radical (unpaired) electrons. The molecule has 1 N–H and O–H groups in total. The molecule has 2 aromatic rings. The van der Waals surface area contributed by atoms with Crippen LogP contribution in [0.25, 0.3) is 0 Å². The van der Waals surface area contributed by atoms with Crippen molar-refractivity contribution in [3.8, 4) is 5.75 Å². The molecule has 0 spiro atoms. The molecule has 3 heteroatoms. The van der Waals surface area contributed by atoms with E-state index in [-0.39, 0.29) is 0 Å². The van der Waals surface area contributed by atoms with Crippen LogP contribution in [0.2, 0.25) is 5.02 Å². The van der Waals surface area contributed by atoms with E-state index in [0.717, 1.165) is 48.9 Å². The highest BCUT2D eigenvalue weighted by molar-refractivity contribution is 6.30. The van der Waals surface area contributed by atoms with Gasteiger partial charge >= 0.3 is 0 Å². The Morgan fingerprint density at radius 2 is 1.90 bits per heavy atom. The van der Waals surface area contributed by atoms with Gasteiger partial charge in [-0.2, -0.15) is 0 Å². The van der Waals surface area contributed by atoms with E-state index in [2.05, 4.69) is 36.5 Å². The summed E-state index contributed by atoms with van der Waals surface area (Å²) < 4.78 is 5.91. The Morgan fingerprint density at radius 3 is 2.67 bits per heavy atom. The summed E-state index contributed by atoms with van der Waals surface area (Å²) in [5, 5.41) is 4.06. The summed E-state index contributed by atoms with van der Waals surface area (Å²) in [6, 6.07) is 16.3. The molecule has 0 heterocycles. The van der Waals surface area contributed by atoms with Gasteiger partial charge in [0.2, 0.25) is 0 Å². The molecule has 0 saturated heterocycles. The van der Waals surface area contributed by atoms with Gasteiger partial charge in [0.05, 0.1) is 6.61 Å². The van der Waals surface area contributed by atoms with Crippen molar-refractivity contribution in [3.63, 3.8) is 0 Å². The molecular weight excluding hydrogens is 282 g/mol. The number of halogens is 1. The molecule has 2 nitrogen and oxygen atoms in total. The topological polar surface area (TPSA) is 21.3 Å². The van der Waals surface area contributed by atoms with Crippen molar-refractivity contribution in [1.82, 2.24) is 5.32 Å². The summed E-state index contributed by atoms with van der Waals surface area (Å²) in [6.07, 6.45) is 2.05. The summed E-state index contributed by atoms with van der Waals surface area (Å²) in [5.74, 6) is 0.924. The Hall–Kier alpha value is -1.51. The maximum absolute atomic E-state index is 6.05. The van der Waals surface area contributed by atoms with Crippen molar-refractivity contribution in [2.75, 3.05) is 13.2 Å². The SMILES string of the molecule is CCNCc1cc(Cl)ccc1OCCCc1ccccc1. The first-order valence-corrected chi connectivity index (χ1v) is 7.83. The summed E-state index contributed by atoms with van der Waals surface area (Å²) >= 11 is 6.05. The fourth-order valence-corrected chi connectivity index (χ4v) is 2.38. The van der Waals surface area contributed by atoms with Crippen molar-refractivity contribution in [1.29, 1.82) is 0 Å². The minimum absolute atomic E-state index is 0.718. The van der Waals surface area contributed by atoms with Crippen LogP contribution in [0.5, 0.6) is 5.75 Å². The second-order valence-electron chi connectivity index (χ2n) is 4.97. The van der Waals surface area contributed by atoms with E-state index >= 15 is 0 Å². The lowest BCUT2D eigenvalue weighted by Gasteiger charge is -2.12. The normalized spacial score (nSPS) is 10.6. The lowest BCUT2D eigenvalue weighted by molar-refractivity contribution is 0.307. The zero-order valence-electron chi connectivity index (χ0n) is 12.4. The molecule has 112 valence electrons. The van der Waals surface area contributed by atoms with Gasteiger partial charge in [-0.3, -0.25) is 0 Å². The highest BCUT2D eigenvalue weighted by Gasteiger charge is 2.04. The Bertz CT molecular complexity index is 542. The van der Waals surface area contributed by atoms with Crippen LogP contribution in [0.1, 0.15) is 24.5 Å². The van der Waals surface area contributed by atoms with E-state index < -0.39 is 0 Å². The molecule has 2 aromatic carbocycles. The number of aryl methyl sites for hydroxylation is 1. The van der Waals surface area contributed by atoms with Gasteiger partial charge in [-0.25, -0.2) is 0 Å². The van der Waals surface area contributed by atoms with Crippen LogP contribution in [0.15, 0.2) is 48.5 Å². The van der Waals surface area contributed by atoms with Crippen LogP contribution in [0.4, 0.5) is 0 Å². The van der Waals surface area contributed by atoms with Crippen LogP contribution in [0, 0.1) is 0 Å². The van der Waals surface area contributed by atoms with Gasteiger partial charge in [0.25, 0.3) is 0 Å². The number of rotatable bonds is 8. The van der Waals surface area contributed by atoms with E-state index in [1.54, 1.807) is 0 Å². The van der Waals surface area contributed by atoms with Crippen LogP contribution in [-0.2, 0) is 13.0 Å². The Morgan fingerprint density at radius 1 is 1.10 bits per heavy atom. The molecule has 0 fully saturated rings. The quantitative estimate of drug-likeness (QED) is 0.727. The average molecular weight is 304 g/mol. The number of hydrogen-bond donors (Lipinski definition) is 1. The van der Waals surface area contributed by atoms with Gasteiger partial charge in [-0.05, 0) is 43.1 Å². The zero-order valence-corrected chi connectivity index (χ0v) is 13.2. The van der Waals surface area contributed by atoms with Gasteiger partial charge < -0.3 is 10.1 Å². The van der Waals surface area contributed by atoms with Crippen molar-refractivity contribution < 1.29 is 4.74 Å². The molecule has 0 unspecified atom stereocenters. The van der Waals surface area contributed by atoms with E-state index in [4.69, 9.17) is 16.3 Å². The third-order valence-electron chi connectivity index (χ3n) is 3.30. The molecule has 0 amide bonds. The molecule has 0 bridgehead atoms.